The minimum atomic E-state index is -4.19. The summed E-state index contributed by atoms with van der Waals surface area (Å²) in [6, 6.07) is 15.9. The predicted molar refractivity (Wildman–Crippen MR) is 117 cm³/mol. The second-order valence-corrected chi connectivity index (χ2v) is 8.15. The number of pyridine rings is 1. The highest BCUT2D eigenvalue weighted by Gasteiger charge is 2.26. The molecule has 0 aliphatic carbocycles. The number of carbonyl (C=O) groups is 1. The van der Waals surface area contributed by atoms with E-state index in [0.717, 1.165) is 0 Å². The van der Waals surface area contributed by atoms with Crippen LogP contribution in [0.25, 0.3) is 10.9 Å². The first-order valence-corrected chi connectivity index (χ1v) is 10.4. The smallest absolute Gasteiger partial charge is 0.284 e. The van der Waals surface area contributed by atoms with E-state index in [4.69, 9.17) is 11.5 Å². The van der Waals surface area contributed by atoms with E-state index < -0.39 is 27.3 Å². The van der Waals surface area contributed by atoms with Crippen molar-refractivity contribution in [2.45, 2.75) is 4.90 Å². The van der Waals surface area contributed by atoms with Crippen LogP contribution in [0.2, 0.25) is 0 Å². The average Bonchev–Trinajstić information content (AvgIpc) is 3.14. The van der Waals surface area contributed by atoms with Crippen molar-refractivity contribution in [1.82, 2.24) is 14.9 Å². The summed E-state index contributed by atoms with van der Waals surface area (Å²) in [7, 11) is -4.19. The molecule has 12 heteroatoms. The Morgan fingerprint density at radius 3 is 2.26 bits per heavy atom. The predicted octanol–water partition coefficient (Wildman–Crippen LogP) is 1.07. The molecule has 4 rings (SSSR count). The molecular formula is C19H17N7O4S. The Morgan fingerprint density at radius 1 is 1.00 bits per heavy atom. The minimum absolute atomic E-state index is 0.0106. The number of amides is 1. The number of nitrogen functional groups attached to an aromatic ring is 2. The third-order valence-corrected chi connectivity index (χ3v) is 5.80. The lowest BCUT2D eigenvalue weighted by Crippen LogP contribution is -2.36. The van der Waals surface area contributed by atoms with Gasteiger partial charge in [-0.1, -0.05) is 36.4 Å². The van der Waals surface area contributed by atoms with Gasteiger partial charge in [0, 0.05) is 5.69 Å². The Labute approximate surface area is 175 Å². The summed E-state index contributed by atoms with van der Waals surface area (Å²) >= 11 is 0. The maximum Gasteiger partial charge on any atom is 0.284 e. The number of nitrogens with zero attached hydrogens (tertiary/aromatic N) is 2. The zero-order valence-corrected chi connectivity index (χ0v) is 16.7. The molecule has 2 aromatic carbocycles. The number of aromatic amines is 1. The number of aromatic nitrogens is 3. The van der Waals surface area contributed by atoms with Gasteiger partial charge >= 0.3 is 0 Å². The number of benzene rings is 2. The zero-order chi connectivity index (χ0) is 22.2. The molecule has 1 amide bonds. The minimum Gasteiger partial charge on any atom is -0.383 e. The molecule has 0 spiro atoms. The van der Waals surface area contributed by atoms with E-state index >= 15 is 0 Å². The number of anilines is 3. The molecule has 0 saturated carbocycles. The fraction of sp³-hybridized carbons (Fsp3) is 0. The quantitative estimate of drug-likeness (QED) is 0.309. The topological polar surface area (TPSA) is 178 Å². The molecule has 0 unspecified atom stereocenters. The Bertz CT molecular complexity index is 1450. The third kappa shape index (κ3) is 3.55. The summed E-state index contributed by atoms with van der Waals surface area (Å²) < 4.78 is 26.1. The zero-order valence-electron chi connectivity index (χ0n) is 15.9. The molecule has 158 valence electrons. The molecule has 11 nitrogen and oxygen atoms in total. The van der Waals surface area contributed by atoms with Gasteiger partial charge in [-0.3, -0.25) is 14.7 Å². The summed E-state index contributed by atoms with van der Waals surface area (Å²) in [6.07, 6.45) is 0. The second-order valence-electron chi connectivity index (χ2n) is 6.49. The fourth-order valence-corrected chi connectivity index (χ4v) is 4.07. The third-order valence-electron chi connectivity index (χ3n) is 4.48. The number of nitrogens with two attached hydrogens (primary N) is 2. The number of rotatable bonds is 5. The summed E-state index contributed by atoms with van der Waals surface area (Å²) in [4.78, 5) is 28.0. The average molecular weight is 439 g/mol. The molecule has 0 saturated heterocycles. The lowest BCUT2D eigenvalue weighted by molar-refractivity contribution is 0.102. The van der Waals surface area contributed by atoms with E-state index in [9.17, 15) is 18.0 Å². The molecule has 0 bridgehead atoms. The molecule has 7 N–H and O–H groups in total. The van der Waals surface area contributed by atoms with E-state index in [1.807, 2.05) is 0 Å². The van der Waals surface area contributed by atoms with E-state index in [1.165, 1.54) is 24.3 Å². The first-order valence-electron chi connectivity index (χ1n) is 8.92. The molecule has 4 aromatic rings. The van der Waals surface area contributed by atoms with Crippen LogP contribution < -0.4 is 27.2 Å². The molecule has 0 fully saturated rings. The van der Waals surface area contributed by atoms with Crippen LogP contribution in [0, 0.1) is 0 Å². The van der Waals surface area contributed by atoms with Gasteiger partial charge in [-0.25, -0.2) is 4.83 Å². The number of H-pyrrole nitrogens is 1. The maximum absolute atomic E-state index is 13.0. The largest absolute Gasteiger partial charge is 0.383 e. The van der Waals surface area contributed by atoms with Gasteiger partial charge in [0.1, 0.15) is 16.8 Å². The molecular weight excluding hydrogens is 422 g/mol. The van der Waals surface area contributed by atoms with Gasteiger partial charge in [-0.15, -0.1) is 0 Å². The van der Waals surface area contributed by atoms with Crippen LogP contribution in [0.4, 0.5) is 17.3 Å². The number of hydrogen-bond acceptors (Lipinski definition) is 7. The Morgan fingerprint density at radius 2 is 1.61 bits per heavy atom. The van der Waals surface area contributed by atoms with Crippen molar-refractivity contribution in [2.75, 3.05) is 21.6 Å². The van der Waals surface area contributed by atoms with Crippen LogP contribution in [0.1, 0.15) is 10.4 Å². The van der Waals surface area contributed by atoms with Crippen molar-refractivity contribution in [1.29, 1.82) is 0 Å². The number of hydrogen-bond donors (Lipinski definition) is 5. The highest BCUT2D eigenvalue weighted by atomic mass is 32.2. The first kappa shape index (κ1) is 20.0. The Kier molecular flexibility index (Phi) is 4.83. The fourth-order valence-electron chi connectivity index (χ4n) is 3.02. The van der Waals surface area contributed by atoms with Crippen molar-refractivity contribution in [3.63, 3.8) is 0 Å². The molecule has 2 aromatic heterocycles. The first-order chi connectivity index (χ1) is 14.8. The van der Waals surface area contributed by atoms with Crippen LogP contribution in [0.5, 0.6) is 0 Å². The second kappa shape index (κ2) is 7.50. The number of para-hydroxylation sites is 1. The van der Waals surface area contributed by atoms with E-state index in [2.05, 4.69) is 20.3 Å². The lowest BCUT2D eigenvalue weighted by atomic mass is 10.1. The van der Waals surface area contributed by atoms with Crippen LogP contribution in [-0.4, -0.2) is 29.2 Å². The van der Waals surface area contributed by atoms with E-state index in [1.54, 1.807) is 36.4 Å². The molecule has 2 heterocycles. The SMILES string of the molecule is Nc1n[nH]c2c(C(=O)Nc3ccccc3)c(N)n(NS(=O)(=O)c3ccccc3)c(=O)c12. The van der Waals surface area contributed by atoms with Crippen molar-refractivity contribution < 1.29 is 13.2 Å². The number of nitrogens with one attached hydrogen (secondary N) is 3. The van der Waals surface area contributed by atoms with Gasteiger partial charge in [0.25, 0.3) is 21.5 Å². The molecule has 31 heavy (non-hydrogen) atoms. The molecule has 0 aliphatic rings. The number of carbonyl (C=O) groups excluding carboxylic acids is 1. The van der Waals surface area contributed by atoms with Crippen molar-refractivity contribution >= 4 is 44.2 Å². The van der Waals surface area contributed by atoms with Gasteiger partial charge in [-0.2, -0.15) is 18.2 Å². The normalized spacial score (nSPS) is 11.4. The molecule has 0 radical (unpaired) electrons. The van der Waals surface area contributed by atoms with Crippen LogP contribution in [0.15, 0.2) is 70.4 Å². The summed E-state index contributed by atoms with van der Waals surface area (Å²) in [5.41, 5.74) is 11.3. The van der Waals surface area contributed by atoms with Crippen LogP contribution in [0.3, 0.4) is 0 Å². The van der Waals surface area contributed by atoms with Gasteiger partial charge in [0.2, 0.25) is 0 Å². The van der Waals surface area contributed by atoms with E-state index in [0.29, 0.717) is 10.4 Å². The van der Waals surface area contributed by atoms with Crippen LogP contribution >= 0.6 is 0 Å². The monoisotopic (exact) mass is 439 g/mol. The van der Waals surface area contributed by atoms with Crippen molar-refractivity contribution in [3.8, 4) is 0 Å². The van der Waals surface area contributed by atoms with Crippen molar-refractivity contribution in [2.24, 2.45) is 0 Å². The maximum atomic E-state index is 13.0. The number of fused-ring (bicyclic) bond motifs is 1. The van der Waals surface area contributed by atoms with Gasteiger partial charge in [-0.05, 0) is 24.3 Å². The van der Waals surface area contributed by atoms with Gasteiger partial charge in [0.15, 0.2) is 5.82 Å². The molecule has 0 aliphatic heterocycles. The standard InChI is InChI=1S/C19H17N7O4S/c20-16-13-15(23-24-16)14(18(27)22-11-7-3-1-4-8-11)17(21)26(19(13)28)25-31(29,30)12-9-5-2-6-10-12/h1-10,25H,21H2,(H,22,27)(H3,20,23,24). The Hall–Kier alpha value is -4.32. The van der Waals surface area contributed by atoms with E-state index in [-0.39, 0.29) is 27.2 Å². The Balaban J connectivity index is 1.88. The van der Waals surface area contributed by atoms with Crippen molar-refractivity contribution in [3.05, 3.63) is 76.6 Å². The highest BCUT2D eigenvalue weighted by molar-refractivity contribution is 7.92. The number of sulfonamides is 1. The molecule has 0 atom stereocenters. The lowest BCUT2D eigenvalue weighted by Gasteiger charge is -2.16. The summed E-state index contributed by atoms with van der Waals surface area (Å²) in [5.74, 6) is -1.33. The van der Waals surface area contributed by atoms with Crippen LogP contribution in [-0.2, 0) is 10.0 Å². The summed E-state index contributed by atoms with van der Waals surface area (Å²) in [6.45, 7) is 0. The summed E-state index contributed by atoms with van der Waals surface area (Å²) in [5, 5.41) is 8.75. The van der Waals surface area contributed by atoms with Gasteiger partial charge in [0.05, 0.1) is 10.4 Å². The van der Waals surface area contributed by atoms with Gasteiger partial charge < -0.3 is 16.8 Å². The highest BCUT2D eigenvalue weighted by Crippen LogP contribution is 2.24.